The Bertz CT molecular complexity index is 673. The minimum Gasteiger partial charge on any atom is -0.300 e. The number of imide groups is 1. The fraction of sp³-hybridized carbons (Fsp3) is 0.750. The lowest BCUT2D eigenvalue weighted by atomic mass is 10.1. The first-order valence-electron chi connectivity index (χ1n) is 9.61. The molecule has 0 aromatic heterocycles. The second-order valence-corrected chi connectivity index (χ2v) is 10.1. The Morgan fingerprint density at radius 3 is 1.63 bits per heavy atom. The number of likely N-dealkylation sites (tertiary alicyclic amines) is 1. The predicted molar refractivity (Wildman–Crippen MR) is 121 cm³/mol. The van der Waals surface area contributed by atoms with Gasteiger partial charge < -0.3 is 4.79 Å². The first kappa shape index (κ1) is 33.1. The molecule has 0 spiro atoms. The highest BCUT2D eigenvalue weighted by Gasteiger charge is 2.35. The van der Waals surface area contributed by atoms with Gasteiger partial charge in [-0.1, -0.05) is 20.8 Å². The van der Waals surface area contributed by atoms with Crippen molar-refractivity contribution in [2.75, 3.05) is 30.6 Å². The van der Waals surface area contributed by atoms with Crippen LogP contribution in [0.3, 0.4) is 0 Å². The van der Waals surface area contributed by atoms with E-state index in [-0.39, 0.29) is 48.0 Å². The van der Waals surface area contributed by atoms with Crippen molar-refractivity contribution >= 4 is 50.8 Å². The van der Waals surface area contributed by atoms with Crippen molar-refractivity contribution in [3.63, 3.8) is 0 Å². The SMILES string of the molecule is CC(=O)CN1C(=O)CC(C)C1=O.CCC(C)=O.CCCS(C)(=O)=O.CSCC(C)=O. The molecule has 10 heteroatoms. The molecule has 176 valence electrons. The van der Waals surface area contributed by atoms with Crippen LogP contribution in [0, 0.1) is 5.92 Å². The summed E-state index contributed by atoms with van der Waals surface area (Å²) in [4.78, 5) is 53.8. The van der Waals surface area contributed by atoms with E-state index in [2.05, 4.69) is 0 Å². The highest BCUT2D eigenvalue weighted by atomic mass is 32.2. The molecule has 8 nitrogen and oxygen atoms in total. The number of carbonyl (C=O) groups is 5. The third-order valence-electron chi connectivity index (χ3n) is 3.27. The number of amides is 2. The lowest BCUT2D eigenvalue weighted by molar-refractivity contribution is -0.142. The lowest BCUT2D eigenvalue weighted by Gasteiger charge is -2.10. The van der Waals surface area contributed by atoms with Crippen molar-refractivity contribution < 1.29 is 32.4 Å². The molecule has 2 amide bonds. The van der Waals surface area contributed by atoms with Gasteiger partial charge in [-0.2, -0.15) is 11.8 Å². The number of carbonyl (C=O) groups excluding carboxylic acids is 5. The Morgan fingerprint density at radius 1 is 1.03 bits per heavy atom. The van der Waals surface area contributed by atoms with Crippen LogP contribution in [-0.2, 0) is 33.8 Å². The molecule has 1 heterocycles. The van der Waals surface area contributed by atoms with Gasteiger partial charge in [0.1, 0.15) is 27.2 Å². The van der Waals surface area contributed by atoms with E-state index in [1.165, 1.54) is 13.2 Å². The molecule has 1 aliphatic rings. The maximum Gasteiger partial charge on any atom is 0.232 e. The first-order chi connectivity index (χ1) is 13.6. The molecular weight excluding hydrogens is 430 g/mol. The average molecular weight is 468 g/mol. The maximum absolute atomic E-state index is 11.2. The highest BCUT2D eigenvalue weighted by Crippen LogP contribution is 2.17. The van der Waals surface area contributed by atoms with E-state index in [9.17, 15) is 32.4 Å². The van der Waals surface area contributed by atoms with E-state index in [4.69, 9.17) is 0 Å². The van der Waals surface area contributed by atoms with Gasteiger partial charge in [0, 0.05) is 30.8 Å². The quantitative estimate of drug-likeness (QED) is 0.523. The summed E-state index contributed by atoms with van der Waals surface area (Å²) in [5.74, 6) is 0.598. The van der Waals surface area contributed by atoms with E-state index in [1.807, 2.05) is 20.1 Å². The Morgan fingerprint density at radius 2 is 1.50 bits per heavy atom. The van der Waals surface area contributed by atoms with Gasteiger partial charge in [-0.05, 0) is 33.4 Å². The largest absolute Gasteiger partial charge is 0.300 e. The Balaban J connectivity index is -0.000000350. The zero-order valence-electron chi connectivity index (χ0n) is 19.4. The van der Waals surface area contributed by atoms with Gasteiger partial charge >= 0.3 is 0 Å². The van der Waals surface area contributed by atoms with E-state index in [0.717, 1.165) is 11.3 Å². The number of sulfone groups is 1. The van der Waals surface area contributed by atoms with Crippen molar-refractivity contribution in [2.45, 2.75) is 60.8 Å². The molecule has 0 aliphatic carbocycles. The summed E-state index contributed by atoms with van der Waals surface area (Å²) in [6.07, 6.45) is 4.79. The second-order valence-electron chi connectivity index (χ2n) is 6.95. The van der Waals surface area contributed by atoms with Gasteiger partial charge in [-0.15, -0.1) is 0 Å². The molecule has 0 saturated carbocycles. The number of rotatable bonds is 7. The minimum atomic E-state index is -2.67. The fourth-order valence-corrected chi connectivity index (χ4v) is 2.96. The van der Waals surface area contributed by atoms with E-state index < -0.39 is 9.84 Å². The van der Waals surface area contributed by atoms with Crippen LogP contribution in [0.2, 0.25) is 0 Å². The van der Waals surface area contributed by atoms with Crippen LogP contribution < -0.4 is 0 Å². The van der Waals surface area contributed by atoms with Gasteiger partial charge in [0.05, 0.1) is 12.3 Å². The van der Waals surface area contributed by atoms with Crippen molar-refractivity contribution in [1.82, 2.24) is 4.90 Å². The number of ketones is 3. The van der Waals surface area contributed by atoms with Crippen LogP contribution in [0.1, 0.15) is 60.8 Å². The third kappa shape index (κ3) is 22.7. The summed E-state index contributed by atoms with van der Waals surface area (Å²) in [6.45, 7) is 9.87. The minimum absolute atomic E-state index is 0.0675. The summed E-state index contributed by atoms with van der Waals surface area (Å²) in [6, 6.07) is 0. The molecule has 1 saturated heterocycles. The van der Waals surface area contributed by atoms with Crippen LogP contribution in [-0.4, -0.2) is 73.0 Å². The van der Waals surface area contributed by atoms with Crippen LogP contribution in [0.5, 0.6) is 0 Å². The molecule has 0 N–H and O–H groups in total. The topological polar surface area (TPSA) is 123 Å². The molecule has 1 atom stereocenters. The molecule has 1 rings (SSSR count). The van der Waals surface area contributed by atoms with Crippen molar-refractivity contribution in [3.8, 4) is 0 Å². The van der Waals surface area contributed by atoms with Crippen molar-refractivity contribution in [3.05, 3.63) is 0 Å². The van der Waals surface area contributed by atoms with E-state index in [0.29, 0.717) is 17.9 Å². The Kier molecular flexibility index (Phi) is 20.1. The standard InChI is InChI=1S/C8H11NO3.C4H10O2S.C4H8OS.C4H8O/c1-5-3-7(11)9(8(5)12)4-6(2)10;1-3-4-7(2,5)6;1-4(5)3-6-2;1-3-4(2)5/h5H,3-4H2,1-2H3;3-4H2,1-2H3;3H2,1-2H3;3H2,1-2H3. The van der Waals surface area contributed by atoms with Gasteiger partial charge in [-0.25, -0.2) is 8.42 Å². The summed E-state index contributed by atoms with van der Waals surface area (Å²) < 4.78 is 20.5. The summed E-state index contributed by atoms with van der Waals surface area (Å²) in [7, 11) is -2.67. The summed E-state index contributed by atoms with van der Waals surface area (Å²) >= 11 is 1.56. The van der Waals surface area contributed by atoms with Crippen LogP contribution in [0.25, 0.3) is 0 Å². The number of hydrogen-bond acceptors (Lipinski definition) is 8. The summed E-state index contributed by atoms with van der Waals surface area (Å²) in [5.41, 5.74) is 0. The number of thioether (sulfide) groups is 1. The molecule has 0 aromatic carbocycles. The van der Waals surface area contributed by atoms with Crippen LogP contribution in [0.4, 0.5) is 0 Å². The first-order valence-corrected chi connectivity index (χ1v) is 13.1. The highest BCUT2D eigenvalue weighted by molar-refractivity contribution is 7.99. The van der Waals surface area contributed by atoms with Gasteiger partial charge in [-0.3, -0.25) is 24.1 Å². The van der Waals surface area contributed by atoms with Crippen LogP contribution >= 0.6 is 11.8 Å². The monoisotopic (exact) mass is 467 g/mol. The summed E-state index contributed by atoms with van der Waals surface area (Å²) in [5, 5.41) is 0. The Hall–Kier alpha value is -1.55. The second kappa shape index (κ2) is 18.2. The third-order valence-corrected chi connectivity index (χ3v) is 5.12. The molecule has 0 aromatic rings. The lowest BCUT2D eigenvalue weighted by Crippen LogP contribution is -2.34. The molecular formula is C20H37NO7S2. The van der Waals surface area contributed by atoms with Crippen molar-refractivity contribution in [2.24, 2.45) is 5.92 Å². The molecule has 1 aliphatic heterocycles. The zero-order valence-corrected chi connectivity index (χ0v) is 21.1. The fourth-order valence-electron chi connectivity index (χ4n) is 1.81. The number of Topliss-reactive ketones (excluding diaryl/α,β-unsaturated/α-hetero) is 3. The average Bonchev–Trinajstić information content (AvgIpc) is 2.81. The van der Waals surface area contributed by atoms with Gasteiger partial charge in [0.25, 0.3) is 0 Å². The van der Waals surface area contributed by atoms with Gasteiger partial charge in [0.15, 0.2) is 0 Å². The number of hydrogen-bond donors (Lipinski definition) is 0. The van der Waals surface area contributed by atoms with E-state index in [1.54, 1.807) is 32.5 Å². The molecule has 30 heavy (non-hydrogen) atoms. The maximum atomic E-state index is 11.2. The molecule has 1 fully saturated rings. The Labute approximate surface area is 185 Å². The predicted octanol–water partition coefficient (Wildman–Crippen LogP) is 2.34. The van der Waals surface area contributed by atoms with Crippen molar-refractivity contribution in [1.29, 1.82) is 0 Å². The molecule has 0 bridgehead atoms. The molecule has 1 unspecified atom stereocenters. The zero-order chi connectivity index (χ0) is 24.5. The smallest absolute Gasteiger partial charge is 0.232 e. The van der Waals surface area contributed by atoms with Gasteiger partial charge in [0.2, 0.25) is 11.8 Å². The normalized spacial score (nSPS) is 15.1. The number of nitrogens with zero attached hydrogens (tertiary/aromatic N) is 1. The van der Waals surface area contributed by atoms with Crippen LogP contribution in [0.15, 0.2) is 0 Å². The molecule has 0 radical (unpaired) electrons. The van der Waals surface area contributed by atoms with E-state index >= 15 is 0 Å².